The minimum atomic E-state index is -0.321. The number of nitrogens with zero attached hydrogens (tertiary/aromatic N) is 3. The third-order valence-electron chi connectivity index (χ3n) is 5.08. The Morgan fingerprint density at radius 1 is 1.14 bits per heavy atom. The maximum atomic E-state index is 13.2. The first-order valence-electron chi connectivity index (χ1n) is 9.58. The number of rotatable bonds is 5. The SMILES string of the molecule is CN(Cc1ccc(N2CCOCC2)cc1)C(=O)c1cn[nH]c1-c1ccc(F)cc1. The Kier molecular flexibility index (Phi) is 5.57. The Morgan fingerprint density at radius 3 is 2.52 bits per heavy atom. The molecule has 6 nitrogen and oxygen atoms in total. The van der Waals surface area contributed by atoms with Gasteiger partial charge in [0.2, 0.25) is 0 Å². The van der Waals surface area contributed by atoms with Crippen LogP contribution in [0.15, 0.2) is 54.7 Å². The van der Waals surface area contributed by atoms with E-state index in [1.807, 2.05) is 12.1 Å². The largest absolute Gasteiger partial charge is 0.378 e. The predicted molar refractivity (Wildman–Crippen MR) is 109 cm³/mol. The number of hydrogen-bond donors (Lipinski definition) is 1. The number of hydrogen-bond acceptors (Lipinski definition) is 4. The van der Waals surface area contributed by atoms with Crippen molar-refractivity contribution in [3.05, 3.63) is 71.7 Å². The summed E-state index contributed by atoms with van der Waals surface area (Å²) in [7, 11) is 1.76. The van der Waals surface area contributed by atoms with Crippen molar-refractivity contribution in [2.24, 2.45) is 0 Å². The quantitative estimate of drug-likeness (QED) is 0.721. The highest BCUT2D eigenvalue weighted by molar-refractivity contribution is 5.99. The van der Waals surface area contributed by atoms with Crippen LogP contribution in [-0.4, -0.2) is 54.4 Å². The summed E-state index contributed by atoms with van der Waals surface area (Å²) in [6.45, 7) is 3.77. The van der Waals surface area contributed by atoms with Crippen LogP contribution in [0, 0.1) is 5.82 Å². The van der Waals surface area contributed by atoms with Gasteiger partial charge in [0.05, 0.1) is 30.7 Å². The first-order valence-corrected chi connectivity index (χ1v) is 9.58. The lowest BCUT2D eigenvalue weighted by atomic mass is 10.1. The second-order valence-electron chi connectivity index (χ2n) is 7.09. The van der Waals surface area contributed by atoms with Gasteiger partial charge in [-0.3, -0.25) is 9.89 Å². The van der Waals surface area contributed by atoms with Gasteiger partial charge in [0.25, 0.3) is 5.91 Å². The number of anilines is 1. The number of benzene rings is 2. The molecule has 0 radical (unpaired) electrons. The molecule has 0 atom stereocenters. The molecule has 3 aromatic rings. The Morgan fingerprint density at radius 2 is 1.83 bits per heavy atom. The van der Waals surface area contributed by atoms with Crippen molar-refractivity contribution in [3.63, 3.8) is 0 Å². The number of ether oxygens (including phenoxy) is 1. The van der Waals surface area contributed by atoms with Crippen molar-refractivity contribution in [3.8, 4) is 11.3 Å². The van der Waals surface area contributed by atoms with Crippen LogP contribution in [0.5, 0.6) is 0 Å². The van der Waals surface area contributed by atoms with Crippen molar-refractivity contribution >= 4 is 11.6 Å². The van der Waals surface area contributed by atoms with E-state index in [9.17, 15) is 9.18 Å². The molecule has 29 heavy (non-hydrogen) atoms. The van der Waals surface area contributed by atoms with Gasteiger partial charge in [0.15, 0.2) is 0 Å². The molecule has 1 aliphatic rings. The van der Waals surface area contributed by atoms with Crippen molar-refractivity contribution in [2.45, 2.75) is 6.54 Å². The molecular formula is C22H23FN4O2. The summed E-state index contributed by atoms with van der Waals surface area (Å²) < 4.78 is 18.6. The lowest BCUT2D eigenvalue weighted by molar-refractivity contribution is 0.0786. The van der Waals surface area contributed by atoms with Crippen molar-refractivity contribution < 1.29 is 13.9 Å². The average Bonchev–Trinajstić information content (AvgIpc) is 3.24. The Bertz CT molecular complexity index is 963. The zero-order chi connectivity index (χ0) is 20.2. The monoisotopic (exact) mass is 394 g/mol. The molecule has 1 saturated heterocycles. The summed E-state index contributed by atoms with van der Waals surface area (Å²) in [5.41, 5.74) is 3.98. The molecule has 150 valence electrons. The van der Waals surface area contributed by atoms with E-state index in [0.717, 1.165) is 37.4 Å². The molecular weight excluding hydrogens is 371 g/mol. The number of aromatic amines is 1. The maximum Gasteiger partial charge on any atom is 0.257 e. The second kappa shape index (κ2) is 8.45. The summed E-state index contributed by atoms with van der Waals surface area (Å²) in [4.78, 5) is 16.9. The van der Waals surface area contributed by atoms with Crippen LogP contribution in [0.3, 0.4) is 0 Å². The molecule has 1 aliphatic heterocycles. The van der Waals surface area contributed by atoms with Crippen LogP contribution >= 0.6 is 0 Å². The van der Waals surface area contributed by atoms with Crippen LogP contribution in [0.25, 0.3) is 11.3 Å². The lowest BCUT2D eigenvalue weighted by Gasteiger charge is -2.29. The van der Waals surface area contributed by atoms with E-state index in [1.54, 1.807) is 24.1 Å². The summed E-state index contributed by atoms with van der Waals surface area (Å²) >= 11 is 0. The van der Waals surface area contributed by atoms with Gasteiger partial charge in [-0.05, 0) is 42.0 Å². The molecule has 2 aromatic carbocycles. The minimum Gasteiger partial charge on any atom is -0.378 e. The molecule has 1 aromatic heterocycles. The van der Waals surface area contributed by atoms with Gasteiger partial charge in [0.1, 0.15) is 5.82 Å². The fraction of sp³-hybridized carbons (Fsp3) is 0.273. The molecule has 1 amide bonds. The average molecular weight is 394 g/mol. The zero-order valence-corrected chi connectivity index (χ0v) is 16.3. The number of nitrogens with one attached hydrogen (secondary N) is 1. The Hall–Kier alpha value is -3.19. The van der Waals surface area contributed by atoms with E-state index in [2.05, 4.69) is 27.2 Å². The van der Waals surface area contributed by atoms with Gasteiger partial charge in [-0.2, -0.15) is 5.10 Å². The van der Waals surface area contributed by atoms with Gasteiger partial charge >= 0.3 is 0 Å². The molecule has 1 N–H and O–H groups in total. The zero-order valence-electron chi connectivity index (χ0n) is 16.3. The van der Waals surface area contributed by atoms with E-state index in [0.29, 0.717) is 17.8 Å². The number of carbonyl (C=O) groups is 1. The van der Waals surface area contributed by atoms with Gasteiger partial charge in [-0.1, -0.05) is 12.1 Å². The van der Waals surface area contributed by atoms with Crippen molar-refractivity contribution in [2.75, 3.05) is 38.3 Å². The highest BCUT2D eigenvalue weighted by Crippen LogP contribution is 2.23. The molecule has 0 unspecified atom stereocenters. The normalized spacial score (nSPS) is 14.1. The molecule has 0 spiro atoms. The van der Waals surface area contributed by atoms with Crippen molar-refractivity contribution in [1.29, 1.82) is 0 Å². The highest BCUT2D eigenvalue weighted by Gasteiger charge is 2.19. The number of morpholine rings is 1. The van der Waals surface area contributed by atoms with Crippen LogP contribution < -0.4 is 4.90 Å². The van der Waals surface area contributed by atoms with Crippen molar-refractivity contribution in [1.82, 2.24) is 15.1 Å². The molecule has 2 heterocycles. The van der Waals surface area contributed by atoms with Gasteiger partial charge in [0, 0.05) is 37.9 Å². The number of amides is 1. The van der Waals surface area contributed by atoms with Crippen LogP contribution in [0.2, 0.25) is 0 Å². The Labute approximate surface area is 168 Å². The predicted octanol–water partition coefficient (Wildman–Crippen LogP) is 3.32. The second-order valence-corrected chi connectivity index (χ2v) is 7.09. The molecule has 7 heteroatoms. The topological polar surface area (TPSA) is 61.5 Å². The smallest absolute Gasteiger partial charge is 0.257 e. The molecule has 0 aliphatic carbocycles. The lowest BCUT2D eigenvalue weighted by Crippen LogP contribution is -2.36. The van der Waals surface area contributed by atoms with Gasteiger partial charge in [-0.25, -0.2) is 4.39 Å². The van der Waals surface area contributed by atoms with E-state index in [4.69, 9.17) is 4.74 Å². The minimum absolute atomic E-state index is 0.143. The van der Waals surface area contributed by atoms with Crippen LogP contribution in [-0.2, 0) is 11.3 Å². The summed E-state index contributed by atoms with van der Waals surface area (Å²) in [5, 5.41) is 6.86. The van der Waals surface area contributed by atoms with Crippen LogP contribution in [0.1, 0.15) is 15.9 Å². The van der Waals surface area contributed by atoms with E-state index in [1.165, 1.54) is 24.0 Å². The first kappa shape index (κ1) is 19.1. The van der Waals surface area contributed by atoms with Gasteiger partial charge in [-0.15, -0.1) is 0 Å². The standard InChI is InChI=1S/C22H23FN4O2/c1-26(15-16-2-8-19(9-3-16)27-10-12-29-13-11-27)22(28)20-14-24-25-21(20)17-4-6-18(23)7-5-17/h2-9,14H,10-13,15H2,1H3,(H,24,25). The van der Waals surface area contributed by atoms with Crippen LogP contribution in [0.4, 0.5) is 10.1 Å². The fourth-order valence-corrected chi connectivity index (χ4v) is 3.47. The van der Waals surface area contributed by atoms with E-state index >= 15 is 0 Å². The fourth-order valence-electron chi connectivity index (χ4n) is 3.47. The highest BCUT2D eigenvalue weighted by atomic mass is 19.1. The number of H-pyrrole nitrogens is 1. The number of aromatic nitrogens is 2. The molecule has 1 fully saturated rings. The maximum absolute atomic E-state index is 13.2. The number of carbonyl (C=O) groups excluding carboxylic acids is 1. The van der Waals surface area contributed by atoms with Gasteiger partial charge < -0.3 is 14.5 Å². The first-order chi connectivity index (χ1) is 14.1. The van der Waals surface area contributed by atoms with E-state index < -0.39 is 0 Å². The third kappa shape index (κ3) is 4.30. The van der Waals surface area contributed by atoms with E-state index in [-0.39, 0.29) is 11.7 Å². The molecule has 0 bridgehead atoms. The molecule has 4 rings (SSSR count). The Balaban J connectivity index is 1.45. The third-order valence-corrected chi connectivity index (χ3v) is 5.08. The summed E-state index contributed by atoms with van der Waals surface area (Å²) in [6.07, 6.45) is 1.51. The summed E-state index contributed by atoms with van der Waals surface area (Å²) in [6, 6.07) is 14.2. The summed E-state index contributed by atoms with van der Waals surface area (Å²) in [5.74, 6) is -0.464. The number of halogens is 1. The molecule has 0 saturated carbocycles.